The Bertz CT molecular complexity index is 266. The van der Waals surface area contributed by atoms with E-state index in [4.69, 9.17) is 0 Å². The van der Waals surface area contributed by atoms with E-state index in [9.17, 15) is 4.79 Å². The van der Waals surface area contributed by atoms with Crippen molar-refractivity contribution in [3.63, 3.8) is 0 Å². The van der Waals surface area contributed by atoms with Gasteiger partial charge in [0, 0.05) is 25.6 Å². The number of likely N-dealkylation sites (tertiary alicyclic amines) is 1. The number of nitrogens with zero attached hydrogens (tertiary/aromatic N) is 1. The van der Waals surface area contributed by atoms with Gasteiger partial charge in [-0.1, -0.05) is 32.6 Å². The minimum atomic E-state index is 0.404. The lowest BCUT2D eigenvalue weighted by Crippen LogP contribution is -2.45. The molecular weight excluding hydrogens is 236 g/mol. The molecule has 3 heteroatoms. The Morgan fingerprint density at radius 1 is 1.16 bits per heavy atom. The maximum atomic E-state index is 12.2. The van der Waals surface area contributed by atoms with Crippen molar-refractivity contribution in [1.29, 1.82) is 0 Å². The summed E-state index contributed by atoms with van der Waals surface area (Å²) in [5, 5.41) is 3.57. The second kappa shape index (κ2) is 7.88. The van der Waals surface area contributed by atoms with E-state index < -0.39 is 0 Å². The van der Waals surface area contributed by atoms with E-state index in [-0.39, 0.29) is 0 Å². The number of amides is 1. The summed E-state index contributed by atoms with van der Waals surface area (Å²) < 4.78 is 0. The fourth-order valence-electron chi connectivity index (χ4n) is 3.47. The van der Waals surface area contributed by atoms with E-state index in [1.807, 2.05) is 0 Å². The molecule has 110 valence electrons. The largest absolute Gasteiger partial charge is 0.343 e. The summed E-state index contributed by atoms with van der Waals surface area (Å²) in [7, 11) is 0. The molecule has 2 aliphatic rings. The first-order valence-electron chi connectivity index (χ1n) is 8.30. The lowest BCUT2D eigenvalue weighted by molar-refractivity contribution is -0.132. The van der Waals surface area contributed by atoms with Gasteiger partial charge in [-0.2, -0.15) is 0 Å². The summed E-state index contributed by atoms with van der Waals surface area (Å²) in [4.78, 5) is 14.3. The van der Waals surface area contributed by atoms with E-state index in [1.165, 1.54) is 32.1 Å². The number of carbonyl (C=O) groups excluding carboxylic acids is 1. The average Bonchev–Trinajstić information content (AvgIpc) is 2.96. The van der Waals surface area contributed by atoms with Gasteiger partial charge in [-0.15, -0.1) is 0 Å². The number of hydrogen-bond donors (Lipinski definition) is 1. The van der Waals surface area contributed by atoms with Crippen molar-refractivity contribution in [3.05, 3.63) is 0 Å². The van der Waals surface area contributed by atoms with Crippen molar-refractivity contribution in [1.82, 2.24) is 10.2 Å². The monoisotopic (exact) mass is 266 g/mol. The normalized spacial score (nSPS) is 22.1. The van der Waals surface area contributed by atoms with Crippen LogP contribution in [0.4, 0.5) is 0 Å². The standard InChI is InChI=1S/C16H30N2O/c1-2-11-17-15-9-12-18(13-10-15)16(19)8-7-14-5-3-4-6-14/h14-15,17H,2-13H2,1H3. The summed E-state index contributed by atoms with van der Waals surface area (Å²) in [6, 6.07) is 0.638. The molecule has 1 N–H and O–H groups in total. The number of piperidine rings is 1. The third kappa shape index (κ3) is 4.79. The van der Waals surface area contributed by atoms with Crippen LogP contribution >= 0.6 is 0 Å². The highest BCUT2D eigenvalue weighted by molar-refractivity contribution is 5.76. The number of nitrogens with one attached hydrogen (secondary N) is 1. The van der Waals surface area contributed by atoms with Crippen LogP contribution in [-0.4, -0.2) is 36.5 Å². The SMILES string of the molecule is CCCNC1CCN(C(=O)CCC2CCCC2)CC1. The van der Waals surface area contributed by atoms with Gasteiger partial charge in [0.15, 0.2) is 0 Å². The smallest absolute Gasteiger partial charge is 0.222 e. The van der Waals surface area contributed by atoms with Gasteiger partial charge in [0.25, 0.3) is 0 Å². The molecule has 1 heterocycles. The van der Waals surface area contributed by atoms with Crippen molar-refractivity contribution < 1.29 is 4.79 Å². The van der Waals surface area contributed by atoms with E-state index >= 15 is 0 Å². The Morgan fingerprint density at radius 3 is 2.47 bits per heavy atom. The zero-order chi connectivity index (χ0) is 13.5. The maximum absolute atomic E-state index is 12.2. The van der Waals surface area contributed by atoms with Gasteiger partial charge in [0.1, 0.15) is 0 Å². The van der Waals surface area contributed by atoms with Gasteiger partial charge in [-0.25, -0.2) is 0 Å². The minimum Gasteiger partial charge on any atom is -0.343 e. The highest BCUT2D eigenvalue weighted by Gasteiger charge is 2.23. The molecule has 3 nitrogen and oxygen atoms in total. The molecule has 0 atom stereocenters. The molecule has 1 amide bonds. The average molecular weight is 266 g/mol. The van der Waals surface area contributed by atoms with Crippen LogP contribution in [0, 0.1) is 5.92 Å². The van der Waals surface area contributed by atoms with Crippen LogP contribution in [-0.2, 0) is 4.79 Å². The summed E-state index contributed by atoms with van der Waals surface area (Å²) in [6.07, 6.45) is 10.9. The first-order valence-corrected chi connectivity index (χ1v) is 8.30. The van der Waals surface area contributed by atoms with Crippen LogP contribution < -0.4 is 5.32 Å². The molecule has 0 aromatic rings. The van der Waals surface area contributed by atoms with Gasteiger partial charge < -0.3 is 10.2 Å². The summed E-state index contributed by atoms with van der Waals surface area (Å²) in [5.74, 6) is 1.24. The third-order valence-electron chi connectivity index (χ3n) is 4.77. The first-order chi connectivity index (χ1) is 9.29. The van der Waals surface area contributed by atoms with E-state index in [2.05, 4.69) is 17.1 Å². The highest BCUT2D eigenvalue weighted by Crippen LogP contribution is 2.28. The lowest BCUT2D eigenvalue weighted by Gasteiger charge is -2.32. The molecule has 1 saturated carbocycles. The number of carbonyl (C=O) groups is 1. The van der Waals surface area contributed by atoms with E-state index in [1.54, 1.807) is 0 Å². The predicted octanol–water partition coefficient (Wildman–Crippen LogP) is 2.95. The molecule has 2 fully saturated rings. The Hall–Kier alpha value is -0.570. The first kappa shape index (κ1) is 14.8. The van der Waals surface area contributed by atoms with Crippen molar-refractivity contribution >= 4 is 5.91 Å². The highest BCUT2D eigenvalue weighted by atomic mass is 16.2. The summed E-state index contributed by atoms with van der Waals surface area (Å²) >= 11 is 0. The Balaban J connectivity index is 1.61. The van der Waals surface area contributed by atoms with Crippen LogP contribution in [0.15, 0.2) is 0 Å². The summed E-state index contributed by atoms with van der Waals surface area (Å²) in [6.45, 7) is 5.24. The second-order valence-corrected chi connectivity index (χ2v) is 6.30. The van der Waals surface area contributed by atoms with Gasteiger partial charge in [-0.05, 0) is 38.1 Å². The zero-order valence-electron chi connectivity index (χ0n) is 12.5. The molecule has 0 spiro atoms. The molecule has 19 heavy (non-hydrogen) atoms. The topological polar surface area (TPSA) is 32.3 Å². The van der Waals surface area contributed by atoms with Crippen LogP contribution in [0.1, 0.15) is 64.7 Å². The fourth-order valence-corrected chi connectivity index (χ4v) is 3.47. The summed E-state index contributed by atoms with van der Waals surface area (Å²) in [5.41, 5.74) is 0. The number of hydrogen-bond acceptors (Lipinski definition) is 2. The van der Waals surface area contributed by atoms with Crippen molar-refractivity contribution in [2.24, 2.45) is 5.92 Å². The molecule has 1 aliphatic heterocycles. The Morgan fingerprint density at radius 2 is 1.84 bits per heavy atom. The van der Waals surface area contributed by atoms with Crippen molar-refractivity contribution in [2.75, 3.05) is 19.6 Å². The van der Waals surface area contributed by atoms with Gasteiger partial charge >= 0.3 is 0 Å². The molecule has 0 unspecified atom stereocenters. The van der Waals surface area contributed by atoms with Gasteiger partial charge in [-0.3, -0.25) is 4.79 Å². The predicted molar refractivity (Wildman–Crippen MR) is 79.1 cm³/mol. The molecule has 0 aromatic carbocycles. The molecule has 2 rings (SSSR count). The van der Waals surface area contributed by atoms with Crippen LogP contribution in [0.3, 0.4) is 0 Å². The van der Waals surface area contributed by atoms with Crippen LogP contribution in [0.25, 0.3) is 0 Å². The van der Waals surface area contributed by atoms with Crippen molar-refractivity contribution in [3.8, 4) is 0 Å². The van der Waals surface area contributed by atoms with Crippen LogP contribution in [0.5, 0.6) is 0 Å². The molecule has 0 radical (unpaired) electrons. The fraction of sp³-hybridized carbons (Fsp3) is 0.938. The molecule has 0 bridgehead atoms. The molecular formula is C16H30N2O. The van der Waals surface area contributed by atoms with Crippen molar-refractivity contribution in [2.45, 2.75) is 70.8 Å². The lowest BCUT2D eigenvalue weighted by atomic mass is 10.00. The minimum absolute atomic E-state index is 0.404. The van der Waals surface area contributed by atoms with Crippen LogP contribution in [0.2, 0.25) is 0 Å². The second-order valence-electron chi connectivity index (χ2n) is 6.30. The van der Waals surface area contributed by atoms with Gasteiger partial charge in [0.2, 0.25) is 5.91 Å². The van der Waals surface area contributed by atoms with Gasteiger partial charge in [0.05, 0.1) is 0 Å². The molecule has 1 saturated heterocycles. The Labute approximate surface area is 118 Å². The molecule has 0 aromatic heterocycles. The Kier molecular flexibility index (Phi) is 6.15. The number of rotatable bonds is 6. The quantitative estimate of drug-likeness (QED) is 0.801. The third-order valence-corrected chi connectivity index (χ3v) is 4.77. The molecule has 1 aliphatic carbocycles. The zero-order valence-corrected chi connectivity index (χ0v) is 12.5. The maximum Gasteiger partial charge on any atom is 0.222 e. The van der Waals surface area contributed by atoms with E-state index in [0.717, 1.165) is 51.2 Å². The van der Waals surface area contributed by atoms with E-state index in [0.29, 0.717) is 11.9 Å².